The Labute approximate surface area is 273 Å². The van der Waals surface area contributed by atoms with Crippen LogP contribution in [0.3, 0.4) is 0 Å². The van der Waals surface area contributed by atoms with Crippen LogP contribution in [0.2, 0.25) is 0 Å². The minimum Gasteiger partial charge on any atom is -0.436 e. The Bertz CT molecular complexity index is 2360. The van der Waals surface area contributed by atoms with Crippen molar-refractivity contribution in [3.63, 3.8) is 0 Å². The van der Waals surface area contributed by atoms with Crippen LogP contribution in [0.15, 0.2) is 130 Å². The van der Waals surface area contributed by atoms with Gasteiger partial charge in [0, 0.05) is 11.1 Å². The van der Waals surface area contributed by atoms with Crippen molar-refractivity contribution in [2.45, 2.75) is 33.1 Å². The Kier molecular flexibility index (Phi) is 5.94. The summed E-state index contributed by atoms with van der Waals surface area (Å²) in [4.78, 5) is 10.1. The summed E-state index contributed by atoms with van der Waals surface area (Å²) in [5, 5.41) is 0. The molecule has 0 saturated carbocycles. The maximum atomic E-state index is 6.33. The van der Waals surface area contributed by atoms with Gasteiger partial charge >= 0.3 is 0 Å². The van der Waals surface area contributed by atoms with Gasteiger partial charge in [0.15, 0.2) is 11.2 Å². The van der Waals surface area contributed by atoms with Gasteiger partial charge in [0.05, 0.1) is 5.41 Å². The number of aryl methyl sites for hydroxylation is 4. The molecule has 0 radical (unpaired) electrons. The van der Waals surface area contributed by atoms with Crippen LogP contribution in [-0.4, -0.2) is 9.97 Å². The van der Waals surface area contributed by atoms with E-state index in [4.69, 9.17) is 18.8 Å². The highest BCUT2D eigenvalue weighted by molar-refractivity contribution is 5.89. The van der Waals surface area contributed by atoms with Gasteiger partial charge in [-0.15, -0.1) is 0 Å². The zero-order valence-corrected chi connectivity index (χ0v) is 26.8. The van der Waals surface area contributed by atoms with Gasteiger partial charge in [-0.1, -0.05) is 72.8 Å². The molecule has 226 valence electrons. The molecule has 0 fully saturated rings. The first-order chi connectivity index (χ1) is 22.9. The van der Waals surface area contributed by atoms with Gasteiger partial charge < -0.3 is 8.83 Å². The lowest BCUT2D eigenvalue weighted by Gasteiger charge is -2.33. The molecule has 4 nitrogen and oxygen atoms in total. The second-order valence-electron chi connectivity index (χ2n) is 12.8. The Hall–Kier alpha value is -5.74. The molecule has 4 heteroatoms. The van der Waals surface area contributed by atoms with E-state index < -0.39 is 5.41 Å². The van der Waals surface area contributed by atoms with Crippen LogP contribution in [0.1, 0.15) is 44.5 Å². The van der Waals surface area contributed by atoms with Crippen molar-refractivity contribution in [2.75, 3.05) is 0 Å². The summed E-state index contributed by atoms with van der Waals surface area (Å²) in [7, 11) is 0. The Balaban J connectivity index is 1.28. The van der Waals surface area contributed by atoms with E-state index in [1.165, 1.54) is 44.5 Å². The number of oxazole rings is 2. The minimum absolute atomic E-state index is 0.602. The predicted octanol–water partition coefficient (Wildman–Crippen LogP) is 10.9. The van der Waals surface area contributed by atoms with E-state index in [9.17, 15) is 0 Å². The van der Waals surface area contributed by atoms with E-state index in [1.807, 2.05) is 0 Å². The van der Waals surface area contributed by atoms with Crippen molar-refractivity contribution in [2.24, 2.45) is 0 Å². The van der Waals surface area contributed by atoms with E-state index in [0.717, 1.165) is 44.5 Å². The summed E-state index contributed by atoms with van der Waals surface area (Å²) in [6, 6.07) is 43.1. The minimum atomic E-state index is -0.602. The van der Waals surface area contributed by atoms with Crippen LogP contribution < -0.4 is 0 Å². The molecule has 8 aromatic rings. The Morgan fingerprint density at radius 1 is 0.447 bits per heavy atom. The van der Waals surface area contributed by atoms with Gasteiger partial charge in [0.2, 0.25) is 11.8 Å². The highest BCUT2D eigenvalue weighted by Gasteiger charge is 2.46. The molecule has 6 aromatic carbocycles. The molecule has 47 heavy (non-hydrogen) atoms. The zero-order valence-electron chi connectivity index (χ0n) is 26.8. The number of nitrogens with zero attached hydrogens (tertiary/aromatic N) is 2. The summed E-state index contributed by atoms with van der Waals surface area (Å²) < 4.78 is 12.7. The SMILES string of the molecule is Cc1ccc(-c2nc3cc(C4(c5ccc6oc(-c7ccc(C)c(C)c7)nc6c5)c5ccccc5-c5ccccc54)ccc3o2)cc1C. The highest BCUT2D eigenvalue weighted by atomic mass is 16.4. The molecule has 2 heterocycles. The van der Waals surface area contributed by atoms with Crippen molar-refractivity contribution in [1.29, 1.82) is 0 Å². The van der Waals surface area contributed by atoms with E-state index in [0.29, 0.717) is 11.8 Å². The first-order valence-corrected chi connectivity index (χ1v) is 16.1. The number of fused-ring (bicyclic) bond motifs is 5. The maximum absolute atomic E-state index is 6.33. The third kappa shape index (κ3) is 4.07. The summed E-state index contributed by atoms with van der Waals surface area (Å²) in [5.41, 5.74) is 16.7. The van der Waals surface area contributed by atoms with Gasteiger partial charge in [-0.2, -0.15) is 0 Å². The molecule has 0 unspecified atom stereocenters. The zero-order chi connectivity index (χ0) is 31.9. The summed E-state index contributed by atoms with van der Waals surface area (Å²) in [6.45, 7) is 8.48. The number of rotatable bonds is 4. The molecule has 1 aliphatic rings. The summed E-state index contributed by atoms with van der Waals surface area (Å²) in [6.07, 6.45) is 0. The van der Waals surface area contributed by atoms with E-state index in [2.05, 4.69) is 149 Å². The quantitative estimate of drug-likeness (QED) is 0.199. The average molecular weight is 609 g/mol. The van der Waals surface area contributed by atoms with E-state index in [1.54, 1.807) is 0 Å². The molecule has 9 rings (SSSR count). The molecule has 0 spiro atoms. The van der Waals surface area contributed by atoms with Crippen molar-refractivity contribution in [1.82, 2.24) is 9.97 Å². The van der Waals surface area contributed by atoms with Crippen molar-refractivity contribution in [3.8, 4) is 34.0 Å². The lowest BCUT2D eigenvalue weighted by molar-refractivity contribution is 0.619. The molecule has 0 atom stereocenters. The number of hydrogen-bond acceptors (Lipinski definition) is 4. The Morgan fingerprint density at radius 3 is 1.34 bits per heavy atom. The number of hydrogen-bond donors (Lipinski definition) is 0. The fourth-order valence-electron chi connectivity index (χ4n) is 7.34. The van der Waals surface area contributed by atoms with Gasteiger partial charge in [-0.3, -0.25) is 0 Å². The van der Waals surface area contributed by atoms with Crippen molar-refractivity contribution < 1.29 is 8.83 Å². The molecular formula is C43H32N2O2. The molecule has 0 aliphatic heterocycles. The molecule has 0 amide bonds. The van der Waals surface area contributed by atoms with Crippen molar-refractivity contribution in [3.05, 3.63) is 166 Å². The topological polar surface area (TPSA) is 52.1 Å². The first kappa shape index (κ1) is 27.6. The molecule has 0 saturated heterocycles. The third-order valence-corrected chi connectivity index (χ3v) is 10.1. The maximum Gasteiger partial charge on any atom is 0.227 e. The summed E-state index contributed by atoms with van der Waals surface area (Å²) >= 11 is 0. The molecule has 0 bridgehead atoms. The normalized spacial score (nSPS) is 13.3. The van der Waals surface area contributed by atoms with Gasteiger partial charge in [0.1, 0.15) is 11.0 Å². The second-order valence-corrected chi connectivity index (χ2v) is 12.8. The standard InChI is InChI=1S/C43H32N2O2/c1-25-13-15-29(21-27(25)3)41-44-37-23-31(17-19-39(37)46-41)43(35-11-7-5-9-33(35)34-10-6-8-12-36(34)43)32-18-20-40-38(24-32)45-42(47-40)30-16-14-26(2)28(4)22-30/h5-24H,1-4H3. The Morgan fingerprint density at radius 2 is 0.894 bits per heavy atom. The third-order valence-electron chi connectivity index (χ3n) is 10.1. The van der Waals surface area contributed by atoms with E-state index in [-0.39, 0.29) is 0 Å². The number of aromatic nitrogens is 2. The number of benzene rings is 6. The lowest BCUT2D eigenvalue weighted by Crippen LogP contribution is -2.28. The highest BCUT2D eigenvalue weighted by Crippen LogP contribution is 2.56. The molecule has 0 N–H and O–H groups in total. The monoisotopic (exact) mass is 608 g/mol. The smallest absolute Gasteiger partial charge is 0.227 e. The van der Waals surface area contributed by atoms with Gasteiger partial charge in [-0.05, 0) is 132 Å². The van der Waals surface area contributed by atoms with Gasteiger partial charge in [0.25, 0.3) is 0 Å². The molecular weight excluding hydrogens is 576 g/mol. The van der Waals surface area contributed by atoms with Crippen LogP contribution >= 0.6 is 0 Å². The first-order valence-electron chi connectivity index (χ1n) is 16.1. The fraction of sp³-hybridized carbons (Fsp3) is 0.116. The largest absolute Gasteiger partial charge is 0.436 e. The van der Waals surface area contributed by atoms with Crippen LogP contribution in [-0.2, 0) is 5.41 Å². The lowest BCUT2D eigenvalue weighted by atomic mass is 9.67. The average Bonchev–Trinajstić information content (AvgIpc) is 3.79. The van der Waals surface area contributed by atoms with Crippen LogP contribution in [0.25, 0.3) is 56.2 Å². The van der Waals surface area contributed by atoms with Crippen LogP contribution in [0.5, 0.6) is 0 Å². The van der Waals surface area contributed by atoms with Crippen LogP contribution in [0, 0.1) is 27.7 Å². The summed E-state index contributed by atoms with van der Waals surface area (Å²) in [5.74, 6) is 1.26. The molecule has 1 aliphatic carbocycles. The fourth-order valence-corrected chi connectivity index (χ4v) is 7.34. The predicted molar refractivity (Wildman–Crippen MR) is 189 cm³/mol. The van der Waals surface area contributed by atoms with Crippen molar-refractivity contribution >= 4 is 22.2 Å². The van der Waals surface area contributed by atoms with Gasteiger partial charge in [-0.25, -0.2) is 9.97 Å². The van der Waals surface area contributed by atoms with Crippen LogP contribution in [0.4, 0.5) is 0 Å². The van der Waals surface area contributed by atoms with E-state index >= 15 is 0 Å². The second kappa shape index (κ2) is 10.1. The molecule has 2 aromatic heterocycles.